The van der Waals surface area contributed by atoms with Crippen molar-refractivity contribution in [2.24, 2.45) is 0 Å². The minimum absolute atomic E-state index is 0.0659. The maximum absolute atomic E-state index is 5.10. The smallest absolute Gasteiger partial charge is 0.171 e. The number of hydrogen-bond donors (Lipinski definition) is 0. The fourth-order valence-electron chi connectivity index (χ4n) is 1.49. The molecule has 1 atom stereocenters. The van der Waals surface area contributed by atoms with E-state index >= 15 is 0 Å². The van der Waals surface area contributed by atoms with Crippen LogP contribution in [0.15, 0.2) is 18.2 Å². The molecule has 2 nitrogen and oxygen atoms in total. The van der Waals surface area contributed by atoms with Gasteiger partial charge in [-0.15, -0.1) is 0 Å². The average molecular weight is 178 g/mol. The SMILES string of the molecule is CC(C)c1ccc2c(c1)OOC2C. The Kier molecular flexibility index (Phi) is 2.00. The Labute approximate surface area is 78.4 Å². The van der Waals surface area contributed by atoms with E-state index in [4.69, 9.17) is 9.78 Å². The second-order valence-electron chi connectivity index (χ2n) is 3.77. The van der Waals surface area contributed by atoms with Crippen molar-refractivity contribution in [2.45, 2.75) is 32.8 Å². The standard InChI is InChI=1S/C11H14O2/c1-7(2)9-4-5-10-8(3)12-13-11(10)6-9/h4-8H,1-3H3. The Morgan fingerprint density at radius 3 is 2.77 bits per heavy atom. The lowest BCUT2D eigenvalue weighted by atomic mass is 10.00. The van der Waals surface area contributed by atoms with Gasteiger partial charge in [0.15, 0.2) is 5.75 Å². The Balaban J connectivity index is 2.40. The van der Waals surface area contributed by atoms with Crippen molar-refractivity contribution >= 4 is 0 Å². The van der Waals surface area contributed by atoms with Gasteiger partial charge in [-0.1, -0.05) is 26.0 Å². The zero-order valence-corrected chi connectivity index (χ0v) is 8.20. The molecule has 1 aromatic carbocycles. The molecule has 0 radical (unpaired) electrons. The largest absolute Gasteiger partial charge is 0.337 e. The van der Waals surface area contributed by atoms with Crippen LogP contribution >= 0.6 is 0 Å². The predicted octanol–water partition coefficient (Wildman–Crippen LogP) is 3.20. The molecule has 0 fully saturated rings. The van der Waals surface area contributed by atoms with Gasteiger partial charge in [-0.05, 0) is 24.5 Å². The Bertz CT molecular complexity index is 318. The fraction of sp³-hybridized carbons (Fsp3) is 0.455. The number of benzene rings is 1. The number of fused-ring (bicyclic) bond motifs is 1. The van der Waals surface area contributed by atoms with Gasteiger partial charge >= 0.3 is 0 Å². The van der Waals surface area contributed by atoms with Crippen LogP contribution < -0.4 is 4.89 Å². The van der Waals surface area contributed by atoms with Gasteiger partial charge < -0.3 is 4.89 Å². The molecule has 0 N–H and O–H groups in total. The van der Waals surface area contributed by atoms with E-state index in [0.717, 1.165) is 11.3 Å². The molecule has 0 spiro atoms. The third-order valence-corrected chi connectivity index (χ3v) is 2.42. The first-order valence-electron chi connectivity index (χ1n) is 4.65. The first kappa shape index (κ1) is 8.57. The van der Waals surface area contributed by atoms with E-state index in [9.17, 15) is 0 Å². The molecule has 0 bridgehead atoms. The highest BCUT2D eigenvalue weighted by Gasteiger charge is 2.22. The Morgan fingerprint density at radius 1 is 1.31 bits per heavy atom. The highest BCUT2D eigenvalue weighted by atomic mass is 17.2. The van der Waals surface area contributed by atoms with Crippen molar-refractivity contribution in [1.82, 2.24) is 0 Å². The van der Waals surface area contributed by atoms with Gasteiger partial charge in [0.2, 0.25) is 0 Å². The minimum Gasteiger partial charge on any atom is -0.337 e. The lowest BCUT2D eigenvalue weighted by Crippen LogP contribution is -1.89. The van der Waals surface area contributed by atoms with Crippen molar-refractivity contribution in [3.05, 3.63) is 29.3 Å². The molecule has 0 saturated heterocycles. The molecular weight excluding hydrogens is 164 g/mol. The van der Waals surface area contributed by atoms with E-state index in [0.29, 0.717) is 5.92 Å². The van der Waals surface area contributed by atoms with Crippen LogP contribution in [0, 0.1) is 0 Å². The lowest BCUT2D eigenvalue weighted by molar-refractivity contribution is -0.218. The number of hydrogen-bond acceptors (Lipinski definition) is 2. The third kappa shape index (κ3) is 1.42. The second-order valence-corrected chi connectivity index (χ2v) is 3.77. The van der Waals surface area contributed by atoms with Crippen molar-refractivity contribution in [2.75, 3.05) is 0 Å². The monoisotopic (exact) mass is 178 g/mol. The van der Waals surface area contributed by atoms with E-state index in [2.05, 4.69) is 32.0 Å². The van der Waals surface area contributed by atoms with Crippen LogP contribution in [-0.2, 0) is 4.89 Å². The first-order chi connectivity index (χ1) is 6.18. The maximum atomic E-state index is 5.10. The molecule has 2 rings (SSSR count). The molecular formula is C11H14O2. The van der Waals surface area contributed by atoms with Crippen LogP contribution in [0.3, 0.4) is 0 Å². The van der Waals surface area contributed by atoms with Crippen molar-refractivity contribution in [3.8, 4) is 5.75 Å². The molecule has 1 unspecified atom stereocenters. The third-order valence-electron chi connectivity index (χ3n) is 2.42. The highest BCUT2D eigenvalue weighted by Crippen LogP contribution is 2.36. The summed E-state index contributed by atoms with van der Waals surface area (Å²) in [6.45, 7) is 6.32. The topological polar surface area (TPSA) is 18.5 Å². The minimum atomic E-state index is 0.0659. The van der Waals surface area contributed by atoms with Gasteiger partial charge in [0.05, 0.1) is 0 Å². The van der Waals surface area contributed by atoms with Crippen LogP contribution in [0.1, 0.15) is 43.9 Å². The van der Waals surface area contributed by atoms with Crippen LogP contribution in [-0.4, -0.2) is 0 Å². The first-order valence-corrected chi connectivity index (χ1v) is 4.65. The molecule has 0 saturated carbocycles. The van der Waals surface area contributed by atoms with E-state index < -0.39 is 0 Å². The van der Waals surface area contributed by atoms with E-state index in [1.165, 1.54) is 5.56 Å². The van der Waals surface area contributed by atoms with Gasteiger partial charge in [-0.25, -0.2) is 0 Å². The highest BCUT2D eigenvalue weighted by molar-refractivity contribution is 5.40. The summed E-state index contributed by atoms with van der Waals surface area (Å²) in [4.78, 5) is 10.2. The summed E-state index contributed by atoms with van der Waals surface area (Å²) >= 11 is 0. The molecule has 1 aliphatic rings. The van der Waals surface area contributed by atoms with Crippen molar-refractivity contribution in [3.63, 3.8) is 0 Å². The summed E-state index contributed by atoms with van der Waals surface area (Å²) in [5.74, 6) is 1.41. The van der Waals surface area contributed by atoms with E-state index in [-0.39, 0.29) is 6.10 Å². The normalized spacial score (nSPS) is 20.2. The van der Waals surface area contributed by atoms with E-state index in [1.54, 1.807) is 0 Å². The van der Waals surface area contributed by atoms with Crippen LogP contribution in [0.4, 0.5) is 0 Å². The van der Waals surface area contributed by atoms with Gasteiger partial charge in [-0.3, -0.25) is 0 Å². The van der Waals surface area contributed by atoms with Crippen LogP contribution in [0.5, 0.6) is 5.75 Å². The van der Waals surface area contributed by atoms with Gasteiger partial charge in [-0.2, -0.15) is 4.89 Å². The maximum Gasteiger partial charge on any atom is 0.171 e. The van der Waals surface area contributed by atoms with Crippen molar-refractivity contribution in [1.29, 1.82) is 0 Å². The molecule has 0 aliphatic carbocycles. The lowest BCUT2D eigenvalue weighted by Gasteiger charge is -2.05. The van der Waals surface area contributed by atoms with Gasteiger partial charge in [0, 0.05) is 5.56 Å². The molecule has 1 aromatic rings. The summed E-state index contributed by atoms with van der Waals surface area (Å²) in [6.07, 6.45) is 0.0659. The summed E-state index contributed by atoms with van der Waals surface area (Å²) in [5, 5.41) is 0. The zero-order chi connectivity index (χ0) is 9.42. The summed E-state index contributed by atoms with van der Waals surface area (Å²) in [5.41, 5.74) is 2.43. The summed E-state index contributed by atoms with van der Waals surface area (Å²) < 4.78 is 0. The quantitative estimate of drug-likeness (QED) is 0.615. The van der Waals surface area contributed by atoms with Crippen molar-refractivity contribution < 1.29 is 9.78 Å². The molecule has 13 heavy (non-hydrogen) atoms. The Hall–Kier alpha value is -1.02. The summed E-state index contributed by atoms with van der Waals surface area (Å²) in [7, 11) is 0. The summed E-state index contributed by atoms with van der Waals surface area (Å²) in [6, 6.07) is 6.28. The molecule has 1 heterocycles. The van der Waals surface area contributed by atoms with Crippen LogP contribution in [0.25, 0.3) is 0 Å². The molecule has 0 aromatic heterocycles. The molecule has 2 heteroatoms. The average Bonchev–Trinajstić information content (AvgIpc) is 2.47. The zero-order valence-electron chi connectivity index (χ0n) is 8.20. The van der Waals surface area contributed by atoms with Crippen LogP contribution in [0.2, 0.25) is 0 Å². The fourth-order valence-corrected chi connectivity index (χ4v) is 1.49. The predicted molar refractivity (Wildman–Crippen MR) is 50.7 cm³/mol. The van der Waals surface area contributed by atoms with Gasteiger partial charge in [0.1, 0.15) is 6.10 Å². The second kappa shape index (κ2) is 3.04. The van der Waals surface area contributed by atoms with Gasteiger partial charge in [0.25, 0.3) is 0 Å². The molecule has 0 amide bonds. The van der Waals surface area contributed by atoms with E-state index in [1.807, 2.05) is 6.92 Å². The Morgan fingerprint density at radius 2 is 2.08 bits per heavy atom. The molecule has 1 aliphatic heterocycles. The number of rotatable bonds is 1. The molecule has 70 valence electrons.